The van der Waals surface area contributed by atoms with E-state index < -0.39 is 0 Å². The number of hydrogen-bond acceptors (Lipinski definition) is 2. The van der Waals surface area contributed by atoms with E-state index in [-0.39, 0.29) is 11.7 Å². The molecule has 0 bridgehead atoms. The molecule has 0 saturated carbocycles. The molecule has 18 heavy (non-hydrogen) atoms. The summed E-state index contributed by atoms with van der Waals surface area (Å²) in [5.74, 6) is -0.486. The summed E-state index contributed by atoms with van der Waals surface area (Å²) in [5.41, 5.74) is 1.43. The average Bonchev–Trinajstić information content (AvgIpc) is 2.40. The predicted molar refractivity (Wildman–Crippen MR) is 66.4 cm³/mol. The van der Waals surface area contributed by atoms with Crippen LogP contribution in [-0.4, -0.2) is 22.8 Å². The van der Waals surface area contributed by atoms with Gasteiger partial charge in [0.1, 0.15) is 5.82 Å². The van der Waals surface area contributed by atoms with Crippen LogP contribution in [0.5, 0.6) is 0 Å². The minimum Gasteiger partial charge on any atom is -0.337 e. The number of carbonyl (C=O) groups excluding carboxylic acids is 1. The first-order chi connectivity index (χ1) is 8.66. The zero-order valence-corrected chi connectivity index (χ0v) is 10.0. The first-order valence-corrected chi connectivity index (χ1v) is 5.57. The van der Waals surface area contributed by atoms with Gasteiger partial charge in [0, 0.05) is 31.5 Å². The summed E-state index contributed by atoms with van der Waals surface area (Å²) in [5, 5.41) is 0. The fourth-order valence-corrected chi connectivity index (χ4v) is 1.65. The van der Waals surface area contributed by atoms with E-state index in [0.29, 0.717) is 12.1 Å². The van der Waals surface area contributed by atoms with Crippen LogP contribution in [0.25, 0.3) is 0 Å². The summed E-state index contributed by atoms with van der Waals surface area (Å²) in [6.07, 6.45) is 3.40. The Morgan fingerprint density at radius 3 is 2.61 bits per heavy atom. The molecule has 3 nitrogen and oxygen atoms in total. The minimum absolute atomic E-state index is 0.140. The van der Waals surface area contributed by atoms with Gasteiger partial charge in [0.2, 0.25) is 0 Å². The Bertz CT molecular complexity index is 525. The van der Waals surface area contributed by atoms with Gasteiger partial charge in [0.05, 0.1) is 0 Å². The Labute approximate surface area is 105 Å². The molecule has 0 unspecified atom stereocenters. The summed E-state index contributed by atoms with van der Waals surface area (Å²) < 4.78 is 12.8. The molecule has 0 spiro atoms. The maximum Gasteiger partial charge on any atom is 0.253 e. The second-order valence-electron chi connectivity index (χ2n) is 4.03. The van der Waals surface area contributed by atoms with Crippen molar-refractivity contribution in [1.82, 2.24) is 9.88 Å². The lowest BCUT2D eigenvalue weighted by molar-refractivity contribution is 0.0785. The van der Waals surface area contributed by atoms with E-state index in [9.17, 15) is 9.18 Å². The smallest absolute Gasteiger partial charge is 0.253 e. The molecule has 0 N–H and O–H groups in total. The van der Waals surface area contributed by atoms with E-state index in [1.165, 1.54) is 24.3 Å². The van der Waals surface area contributed by atoms with Crippen molar-refractivity contribution < 1.29 is 9.18 Å². The lowest BCUT2D eigenvalue weighted by atomic mass is 10.2. The van der Waals surface area contributed by atoms with Crippen LogP contribution in [0.3, 0.4) is 0 Å². The Balaban J connectivity index is 2.07. The zero-order chi connectivity index (χ0) is 13.0. The van der Waals surface area contributed by atoms with Crippen molar-refractivity contribution in [3.05, 3.63) is 65.7 Å². The van der Waals surface area contributed by atoms with Gasteiger partial charge in [0.25, 0.3) is 5.91 Å². The van der Waals surface area contributed by atoms with Gasteiger partial charge in [-0.15, -0.1) is 0 Å². The lowest BCUT2D eigenvalue weighted by Gasteiger charge is -2.17. The van der Waals surface area contributed by atoms with Crippen molar-refractivity contribution in [2.24, 2.45) is 0 Å². The van der Waals surface area contributed by atoms with Crippen molar-refractivity contribution in [3.8, 4) is 0 Å². The molecule has 92 valence electrons. The highest BCUT2D eigenvalue weighted by molar-refractivity contribution is 5.93. The first kappa shape index (κ1) is 12.2. The molecule has 2 rings (SSSR count). The molecule has 1 aromatic carbocycles. The Morgan fingerprint density at radius 1 is 1.28 bits per heavy atom. The Kier molecular flexibility index (Phi) is 3.67. The number of benzene rings is 1. The van der Waals surface area contributed by atoms with Gasteiger partial charge in [-0.25, -0.2) is 4.39 Å². The van der Waals surface area contributed by atoms with E-state index in [0.717, 1.165) is 5.56 Å². The van der Waals surface area contributed by atoms with Crippen molar-refractivity contribution in [2.45, 2.75) is 6.54 Å². The second-order valence-corrected chi connectivity index (χ2v) is 4.03. The van der Waals surface area contributed by atoms with E-state index in [1.54, 1.807) is 24.3 Å². The average molecular weight is 244 g/mol. The second kappa shape index (κ2) is 5.40. The fraction of sp³-hybridized carbons (Fsp3) is 0.143. The van der Waals surface area contributed by atoms with Crippen LogP contribution in [0.2, 0.25) is 0 Å². The third-order valence-electron chi connectivity index (χ3n) is 2.58. The summed E-state index contributed by atoms with van der Waals surface area (Å²) in [4.78, 5) is 17.6. The maximum atomic E-state index is 12.8. The van der Waals surface area contributed by atoms with Crippen LogP contribution in [0, 0.1) is 5.82 Å². The number of amides is 1. The van der Waals surface area contributed by atoms with Gasteiger partial charge < -0.3 is 4.90 Å². The van der Waals surface area contributed by atoms with Crippen LogP contribution in [0.4, 0.5) is 4.39 Å². The number of pyridine rings is 1. The highest BCUT2D eigenvalue weighted by Gasteiger charge is 2.11. The molecule has 2 aromatic rings. The van der Waals surface area contributed by atoms with E-state index in [1.807, 2.05) is 12.1 Å². The topological polar surface area (TPSA) is 33.2 Å². The number of hydrogen-bond donors (Lipinski definition) is 0. The van der Waals surface area contributed by atoms with E-state index in [2.05, 4.69) is 4.98 Å². The van der Waals surface area contributed by atoms with Gasteiger partial charge >= 0.3 is 0 Å². The van der Waals surface area contributed by atoms with Crippen LogP contribution in [0.15, 0.2) is 48.8 Å². The first-order valence-electron chi connectivity index (χ1n) is 5.57. The maximum absolute atomic E-state index is 12.8. The van der Waals surface area contributed by atoms with Crippen LogP contribution < -0.4 is 0 Å². The van der Waals surface area contributed by atoms with Gasteiger partial charge in [-0.05, 0) is 35.9 Å². The summed E-state index contributed by atoms with van der Waals surface area (Å²) in [6.45, 7) is 0.476. The molecule has 1 amide bonds. The molecule has 1 aromatic heterocycles. The van der Waals surface area contributed by atoms with E-state index >= 15 is 0 Å². The van der Waals surface area contributed by atoms with Crippen molar-refractivity contribution in [2.75, 3.05) is 7.05 Å². The van der Waals surface area contributed by atoms with Crippen LogP contribution in [-0.2, 0) is 6.54 Å². The van der Waals surface area contributed by atoms with Crippen molar-refractivity contribution in [1.29, 1.82) is 0 Å². The van der Waals surface area contributed by atoms with Crippen LogP contribution >= 0.6 is 0 Å². The summed E-state index contributed by atoms with van der Waals surface area (Å²) >= 11 is 0. The molecule has 0 aliphatic carbocycles. The largest absolute Gasteiger partial charge is 0.337 e. The summed E-state index contributed by atoms with van der Waals surface area (Å²) in [7, 11) is 1.71. The summed E-state index contributed by atoms with van der Waals surface area (Å²) in [6, 6.07) is 9.26. The van der Waals surface area contributed by atoms with Crippen molar-refractivity contribution in [3.63, 3.8) is 0 Å². The molecular weight excluding hydrogens is 231 g/mol. The molecule has 0 radical (unpaired) electrons. The highest BCUT2D eigenvalue weighted by atomic mass is 19.1. The molecule has 0 fully saturated rings. The molecule has 4 heteroatoms. The number of nitrogens with zero attached hydrogens (tertiary/aromatic N) is 2. The van der Waals surface area contributed by atoms with E-state index in [4.69, 9.17) is 0 Å². The molecule has 0 saturated heterocycles. The number of carbonyl (C=O) groups is 1. The molecule has 0 aliphatic rings. The van der Waals surface area contributed by atoms with Gasteiger partial charge in [-0.2, -0.15) is 0 Å². The molecule has 0 aliphatic heterocycles. The number of halogens is 1. The fourth-order valence-electron chi connectivity index (χ4n) is 1.65. The molecule has 0 atom stereocenters. The Morgan fingerprint density at radius 2 is 2.00 bits per heavy atom. The predicted octanol–water partition coefficient (Wildman–Crippen LogP) is 2.49. The molecular formula is C14H13FN2O. The third kappa shape index (κ3) is 2.91. The zero-order valence-electron chi connectivity index (χ0n) is 10.0. The highest BCUT2D eigenvalue weighted by Crippen LogP contribution is 2.08. The van der Waals surface area contributed by atoms with Gasteiger partial charge in [0.15, 0.2) is 0 Å². The molecule has 1 heterocycles. The minimum atomic E-state index is -0.346. The van der Waals surface area contributed by atoms with Crippen molar-refractivity contribution >= 4 is 5.91 Å². The van der Waals surface area contributed by atoms with Gasteiger partial charge in [-0.1, -0.05) is 6.07 Å². The standard InChI is InChI=1S/C14H13FN2O/c1-17(10-11-3-2-8-16-9-11)14(18)12-4-6-13(15)7-5-12/h2-9H,10H2,1H3. The monoisotopic (exact) mass is 244 g/mol. The van der Waals surface area contributed by atoms with Crippen LogP contribution in [0.1, 0.15) is 15.9 Å². The Hall–Kier alpha value is -2.23. The lowest BCUT2D eigenvalue weighted by Crippen LogP contribution is -2.26. The number of rotatable bonds is 3. The van der Waals surface area contributed by atoms with Gasteiger partial charge in [-0.3, -0.25) is 9.78 Å². The number of aromatic nitrogens is 1. The SMILES string of the molecule is CN(Cc1cccnc1)C(=O)c1ccc(F)cc1. The normalized spacial score (nSPS) is 10.1. The third-order valence-corrected chi connectivity index (χ3v) is 2.58. The quantitative estimate of drug-likeness (QED) is 0.831.